The molecule has 0 N–H and O–H groups in total. The molecule has 0 aliphatic carbocycles. The van der Waals surface area contributed by atoms with Gasteiger partial charge in [-0.05, 0) is 44.4 Å². The minimum atomic E-state index is -0.612. The van der Waals surface area contributed by atoms with Crippen LogP contribution in [0.3, 0.4) is 0 Å². The van der Waals surface area contributed by atoms with E-state index in [9.17, 15) is 10.5 Å². The molecule has 1 heterocycles. The molecule has 0 saturated carbocycles. The summed E-state index contributed by atoms with van der Waals surface area (Å²) in [6.45, 7) is 8.08. The van der Waals surface area contributed by atoms with Crippen LogP contribution in [0.25, 0.3) is 0 Å². The largest absolute Gasteiger partial charge is 1.00 e. The third kappa shape index (κ3) is 4.42. The van der Waals surface area contributed by atoms with Crippen LogP contribution in [-0.2, 0) is 17.4 Å². The van der Waals surface area contributed by atoms with E-state index in [-0.39, 0.29) is 31.0 Å². The summed E-state index contributed by atoms with van der Waals surface area (Å²) in [4.78, 5) is 3.94. The van der Waals surface area contributed by atoms with E-state index in [1.54, 1.807) is 11.0 Å². The van der Waals surface area contributed by atoms with Gasteiger partial charge in [-0.1, -0.05) is 18.2 Å². The molecule has 0 aliphatic rings. The monoisotopic (exact) mass is 317 g/mol. The normalized spacial score (nSPS) is 11.2. The SMILES string of the molecule is CC(C)(C#N)c1cc(Cn2cncn2)cc(C(C)(C)C#N)c1.[H-].[Na+]. The second-order valence-electron chi connectivity index (χ2n) is 6.49. The van der Waals surface area contributed by atoms with Gasteiger partial charge in [0.2, 0.25) is 0 Å². The Hall–Kier alpha value is -1.66. The molecule has 5 nitrogen and oxygen atoms in total. The molecule has 0 saturated heterocycles. The van der Waals surface area contributed by atoms with E-state index >= 15 is 0 Å². The van der Waals surface area contributed by atoms with Crippen molar-refractivity contribution in [2.75, 3.05) is 0 Å². The smallest absolute Gasteiger partial charge is 1.00 e. The minimum Gasteiger partial charge on any atom is -1.00 e. The van der Waals surface area contributed by atoms with E-state index in [1.165, 1.54) is 6.33 Å². The molecule has 0 fully saturated rings. The summed E-state index contributed by atoms with van der Waals surface area (Å²) in [6.07, 6.45) is 3.14. The predicted octanol–water partition coefficient (Wildman–Crippen LogP) is 0.0453. The molecule has 114 valence electrons. The van der Waals surface area contributed by atoms with E-state index in [1.807, 2.05) is 45.9 Å². The molecule has 0 amide bonds. The van der Waals surface area contributed by atoms with Crippen molar-refractivity contribution in [3.8, 4) is 12.1 Å². The molecule has 6 heteroatoms. The Morgan fingerprint density at radius 2 is 1.57 bits per heavy atom. The maximum absolute atomic E-state index is 9.40. The Balaban J connectivity index is 0.00000264. The van der Waals surface area contributed by atoms with Gasteiger partial charge in [0.15, 0.2) is 0 Å². The summed E-state index contributed by atoms with van der Waals surface area (Å²) in [7, 11) is 0. The van der Waals surface area contributed by atoms with Gasteiger partial charge in [0.1, 0.15) is 12.7 Å². The van der Waals surface area contributed by atoms with Crippen molar-refractivity contribution >= 4 is 0 Å². The van der Waals surface area contributed by atoms with E-state index in [4.69, 9.17) is 0 Å². The maximum atomic E-state index is 9.40. The van der Waals surface area contributed by atoms with E-state index < -0.39 is 10.8 Å². The summed E-state index contributed by atoms with van der Waals surface area (Å²) in [5.41, 5.74) is 1.60. The zero-order valence-electron chi connectivity index (χ0n) is 15.3. The van der Waals surface area contributed by atoms with Crippen LogP contribution < -0.4 is 29.6 Å². The molecule has 0 spiro atoms. The number of nitrogens with zero attached hydrogens (tertiary/aromatic N) is 5. The molecule has 2 rings (SSSR count). The molecule has 2 aromatic rings. The van der Waals surface area contributed by atoms with Crippen molar-refractivity contribution in [3.63, 3.8) is 0 Å². The van der Waals surface area contributed by atoms with Gasteiger partial charge in [-0.15, -0.1) is 0 Å². The van der Waals surface area contributed by atoms with Crippen LogP contribution in [0.1, 0.15) is 45.8 Å². The molecule has 0 bridgehead atoms. The number of hydrogen-bond donors (Lipinski definition) is 0. The maximum Gasteiger partial charge on any atom is 1.00 e. The van der Waals surface area contributed by atoms with Crippen molar-refractivity contribution in [3.05, 3.63) is 47.5 Å². The van der Waals surface area contributed by atoms with Gasteiger partial charge in [-0.25, -0.2) is 9.67 Å². The topological polar surface area (TPSA) is 78.3 Å². The molecule has 1 aromatic heterocycles. The number of hydrogen-bond acceptors (Lipinski definition) is 4. The standard InChI is InChI=1S/C17H19N5.Na.H/c1-16(2,9-18)14-5-13(8-22-12-20-11-21-22)6-15(7-14)17(3,4)10-19;;/h5-7,11-12H,8H2,1-4H3;;/q;+1;-1. The average Bonchev–Trinajstić information content (AvgIpc) is 2.99. The summed E-state index contributed by atoms with van der Waals surface area (Å²) in [5, 5.41) is 22.9. The Bertz CT molecular complexity index is 710. The number of nitriles is 2. The Morgan fingerprint density at radius 3 is 1.96 bits per heavy atom. The fraction of sp³-hybridized carbons (Fsp3) is 0.412. The summed E-state index contributed by atoms with van der Waals surface area (Å²) < 4.78 is 1.72. The van der Waals surface area contributed by atoms with Gasteiger partial charge < -0.3 is 1.43 Å². The molecule has 0 atom stereocenters. The molecule has 23 heavy (non-hydrogen) atoms. The zero-order valence-corrected chi connectivity index (χ0v) is 16.3. The number of benzene rings is 1. The van der Waals surface area contributed by atoms with Gasteiger partial charge in [-0.2, -0.15) is 15.6 Å². The first-order chi connectivity index (χ1) is 10.3. The second kappa shape index (κ2) is 7.27. The van der Waals surface area contributed by atoms with Gasteiger partial charge in [0.05, 0.1) is 29.5 Å². The van der Waals surface area contributed by atoms with E-state index in [2.05, 4.69) is 22.2 Å². The van der Waals surface area contributed by atoms with Crippen LogP contribution >= 0.6 is 0 Å². The van der Waals surface area contributed by atoms with Gasteiger partial charge in [-0.3, -0.25) is 0 Å². The van der Waals surface area contributed by atoms with Crippen molar-refractivity contribution < 1.29 is 31.0 Å². The first kappa shape index (κ1) is 19.4. The summed E-state index contributed by atoms with van der Waals surface area (Å²) in [6, 6.07) is 10.6. The molecule has 1 aromatic carbocycles. The van der Waals surface area contributed by atoms with Gasteiger partial charge >= 0.3 is 29.6 Å². The second-order valence-corrected chi connectivity index (χ2v) is 6.49. The quantitative estimate of drug-likeness (QED) is 0.746. The van der Waals surface area contributed by atoms with Crippen LogP contribution in [0.4, 0.5) is 0 Å². The molecule has 0 unspecified atom stereocenters. The summed E-state index contributed by atoms with van der Waals surface area (Å²) in [5.74, 6) is 0. The van der Waals surface area contributed by atoms with Crippen LogP contribution in [0.5, 0.6) is 0 Å². The predicted molar refractivity (Wildman–Crippen MR) is 84.0 cm³/mol. The summed E-state index contributed by atoms with van der Waals surface area (Å²) >= 11 is 0. The molecular weight excluding hydrogens is 297 g/mol. The van der Waals surface area contributed by atoms with E-state index in [0.717, 1.165) is 16.7 Å². The van der Waals surface area contributed by atoms with Gasteiger partial charge in [0.25, 0.3) is 0 Å². The molecular formula is C17H20N5Na. The Labute approximate surface area is 160 Å². The fourth-order valence-corrected chi connectivity index (χ4v) is 2.14. The third-order valence-corrected chi connectivity index (χ3v) is 3.81. The minimum absolute atomic E-state index is 0. The number of aromatic nitrogens is 3. The van der Waals surface area contributed by atoms with E-state index in [0.29, 0.717) is 6.54 Å². The average molecular weight is 317 g/mol. The number of rotatable bonds is 4. The van der Waals surface area contributed by atoms with Crippen molar-refractivity contribution in [2.24, 2.45) is 0 Å². The van der Waals surface area contributed by atoms with Crippen molar-refractivity contribution in [2.45, 2.75) is 45.1 Å². The third-order valence-electron chi connectivity index (χ3n) is 3.81. The van der Waals surface area contributed by atoms with Crippen LogP contribution in [-0.4, -0.2) is 14.8 Å². The Morgan fingerprint density at radius 1 is 1.04 bits per heavy atom. The van der Waals surface area contributed by atoms with Crippen molar-refractivity contribution in [1.29, 1.82) is 10.5 Å². The fourth-order valence-electron chi connectivity index (χ4n) is 2.14. The van der Waals surface area contributed by atoms with Gasteiger partial charge in [0, 0.05) is 0 Å². The Kier molecular flexibility index (Phi) is 6.13. The zero-order chi connectivity index (χ0) is 16.4. The van der Waals surface area contributed by atoms with Crippen molar-refractivity contribution in [1.82, 2.24) is 14.8 Å². The van der Waals surface area contributed by atoms with Crippen LogP contribution in [0, 0.1) is 22.7 Å². The first-order valence-corrected chi connectivity index (χ1v) is 7.08. The van der Waals surface area contributed by atoms with Crippen LogP contribution in [0.15, 0.2) is 30.9 Å². The van der Waals surface area contributed by atoms with Crippen LogP contribution in [0.2, 0.25) is 0 Å². The molecule has 0 aliphatic heterocycles. The first-order valence-electron chi connectivity index (χ1n) is 7.08. The molecule has 0 radical (unpaired) electrons.